The third-order valence-corrected chi connectivity index (χ3v) is 4.38. The van der Waals surface area contributed by atoms with Crippen LogP contribution in [0.15, 0.2) is 65.6 Å². The second kappa shape index (κ2) is 8.99. The molecular formula is C22H23N3O3. The van der Waals surface area contributed by atoms with Gasteiger partial charge in [-0.2, -0.15) is 0 Å². The van der Waals surface area contributed by atoms with Gasteiger partial charge in [0.15, 0.2) is 0 Å². The maximum Gasteiger partial charge on any atom is 0.251 e. The largest absolute Gasteiger partial charge is 0.352 e. The molecule has 0 saturated heterocycles. The summed E-state index contributed by atoms with van der Waals surface area (Å²) in [5, 5.41) is 7.59. The summed E-state index contributed by atoms with van der Waals surface area (Å²) in [6.45, 7) is 2.81. The molecule has 0 aliphatic heterocycles. The number of pyridine rings is 1. The number of carbonyl (C=O) groups excluding carboxylic acids is 2. The van der Waals surface area contributed by atoms with Crippen molar-refractivity contribution < 1.29 is 9.59 Å². The monoisotopic (exact) mass is 377 g/mol. The van der Waals surface area contributed by atoms with Gasteiger partial charge in [-0.15, -0.1) is 0 Å². The molecule has 28 heavy (non-hydrogen) atoms. The number of hydrogen-bond donors (Lipinski definition) is 2. The first-order valence-electron chi connectivity index (χ1n) is 9.34. The third-order valence-electron chi connectivity index (χ3n) is 4.38. The van der Waals surface area contributed by atoms with Crippen LogP contribution < -0.4 is 16.2 Å². The fourth-order valence-corrected chi connectivity index (χ4v) is 2.97. The Morgan fingerprint density at radius 2 is 1.79 bits per heavy atom. The summed E-state index contributed by atoms with van der Waals surface area (Å²) in [6.07, 6.45) is 2.61. The molecule has 2 amide bonds. The maximum absolute atomic E-state index is 12.3. The minimum atomic E-state index is -0.222. The number of anilines is 1. The fraction of sp³-hybridized carbons (Fsp3) is 0.227. The van der Waals surface area contributed by atoms with Crippen LogP contribution >= 0.6 is 0 Å². The van der Waals surface area contributed by atoms with Crippen molar-refractivity contribution >= 4 is 28.3 Å². The lowest BCUT2D eigenvalue weighted by Crippen LogP contribution is -2.28. The Labute approximate surface area is 163 Å². The van der Waals surface area contributed by atoms with Crippen molar-refractivity contribution in [1.29, 1.82) is 0 Å². The van der Waals surface area contributed by atoms with E-state index >= 15 is 0 Å². The van der Waals surface area contributed by atoms with Crippen molar-refractivity contribution in [1.82, 2.24) is 9.88 Å². The molecule has 0 saturated carbocycles. The highest BCUT2D eigenvalue weighted by molar-refractivity contribution is 5.99. The molecule has 144 valence electrons. The van der Waals surface area contributed by atoms with Crippen LogP contribution in [-0.4, -0.2) is 22.9 Å². The van der Waals surface area contributed by atoms with E-state index < -0.39 is 0 Å². The smallest absolute Gasteiger partial charge is 0.251 e. The molecule has 3 rings (SSSR count). The lowest BCUT2D eigenvalue weighted by atomic mass is 10.1. The predicted molar refractivity (Wildman–Crippen MR) is 111 cm³/mol. The summed E-state index contributed by atoms with van der Waals surface area (Å²) < 4.78 is 1.57. The van der Waals surface area contributed by atoms with Gasteiger partial charge in [-0.3, -0.25) is 14.4 Å². The SMILES string of the molecule is CCCn1cc(NC(=O)CCNC(=O)c2ccc3ccccc3c2)ccc1=O. The van der Waals surface area contributed by atoms with Crippen LogP contribution in [0.5, 0.6) is 0 Å². The highest BCUT2D eigenvalue weighted by atomic mass is 16.2. The van der Waals surface area contributed by atoms with Crippen LogP contribution in [0.25, 0.3) is 10.8 Å². The zero-order valence-corrected chi connectivity index (χ0v) is 15.8. The van der Waals surface area contributed by atoms with E-state index in [4.69, 9.17) is 0 Å². The Balaban J connectivity index is 1.52. The number of aryl methyl sites for hydroxylation is 1. The molecule has 1 heterocycles. The zero-order valence-electron chi connectivity index (χ0n) is 15.8. The first-order valence-corrected chi connectivity index (χ1v) is 9.34. The summed E-state index contributed by atoms with van der Waals surface area (Å²) in [4.78, 5) is 36.1. The molecule has 6 heteroatoms. The van der Waals surface area contributed by atoms with Crippen molar-refractivity contribution in [3.63, 3.8) is 0 Å². The molecule has 0 bridgehead atoms. The lowest BCUT2D eigenvalue weighted by molar-refractivity contribution is -0.116. The second-order valence-electron chi connectivity index (χ2n) is 6.57. The van der Waals surface area contributed by atoms with E-state index in [0.717, 1.165) is 17.2 Å². The zero-order chi connectivity index (χ0) is 19.9. The number of rotatable bonds is 7. The Bertz CT molecular complexity index is 1060. The van der Waals surface area contributed by atoms with Gasteiger partial charge in [-0.05, 0) is 35.4 Å². The number of carbonyl (C=O) groups is 2. The normalized spacial score (nSPS) is 10.6. The molecule has 0 unspecified atom stereocenters. The second-order valence-corrected chi connectivity index (χ2v) is 6.57. The van der Waals surface area contributed by atoms with E-state index in [1.54, 1.807) is 22.9 Å². The molecule has 1 aromatic heterocycles. The van der Waals surface area contributed by atoms with Crippen LogP contribution in [0.1, 0.15) is 30.1 Å². The van der Waals surface area contributed by atoms with E-state index in [1.165, 1.54) is 6.07 Å². The molecule has 6 nitrogen and oxygen atoms in total. The van der Waals surface area contributed by atoms with Crippen LogP contribution in [0.2, 0.25) is 0 Å². The standard InChI is InChI=1S/C22H23N3O3/c1-2-13-25-15-19(9-10-21(25)27)24-20(26)11-12-23-22(28)18-8-7-16-5-3-4-6-17(16)14-18/h3-10,14-15H,2,11-13H2,1H3,(H,23,28)(H,24,26). The van der Waals surface area contributed by atoms with E-state index in [0.29, 0.717) is 17.8 Å². The van der Waals surface area contributed by atoms with Crippen LogP contribution in [0.3, 0.4) is 0 Å². The first-order chi connectivity index (χ1) is 13.6. The van der Waals surface area contributed by atoms with Gasteiger partial charge in [0.25, 0.3) is 11.5 Å². The van der Waals surface area contributed by atoms with Gasteiger partial charge in [0.05, 0.1) is 5.69 Å². The number of nitrogens with zero attached hydrogens (tertiary/aromatic N) is 1. The number of aromatic nitrogens is 1. The Kier molecular flexibility index (Phi) is 6.22. The van der Waals surface area contributed by atoms with E-state index in [1.807, 2.05) is 43.3 Å². The average molecular weight is 377 g/mol. The van der Waals surface area contributed by atoms with Gasteiger partial charge in [-0.1, -0.05) is 37.3 Å². The summed E-state index contributed by atoms with van der Waals surface area (Å²) in [5.74, 6) is -0.435. The summed E-state index contributed by atoms with van der Waals surface area (Å²) in [6, 6.07) is 16.4. The van der Waals surface area contributed by atoms with E-state index in [9.17, 15) is 14.4 Å². The lowest BCUT2D eigenvalue weighted by Gasteiger charge is -2.09. The van der Waals surface area contributed by atoms with Gasteiger partial charge >= 0.3 is 0 Å². The van der Waals surface area contributed by atoms with Crippen molar-refractivity contribution in [2.24, 2.45) is 0 Å². The highest BCUT2D eigenvalue weighted by Gasteiger charge is 2.08. The van der Waals surface area contributed by atoms with Crippen molar-refractivity contribution in [2.75, 3.05) is 11.9 Å². The molecule has 0 atom stereocenters. The quantitative estimate of drug-likeness (QED) is 0.664. The van der Waals surface area contributed by atoms with Crippen LogP contribution in [0, 0.1) is 0 Å². The van der Waals surface area contributed by atoms with Gasteiger partial charge in [0, 0.05) is 37.3 Å². The van der Waals surface area contributed by atoms with Gasteiger partial charge in [0.1, 0.15) is 0 Å². The fourth-order valence-electron chi connectivity index (χ4n) is 2.97. The molecular weight excluding hydrogens is 354 g/mol. The van der Waals surface area contributed by atoms with Gasteiger partial charge in [0.2, 0.25) is 5.91 Å². The maximum atomic E-state index is 12.3. The molecule has 0 aliphatic rings. The molecule has 0 aliphatic carbocycles. The molecule has 0 radical (unpaired) electrons. The van der Waals surface area contributed by atoms with Crippen LogP contribution in [0.4, 0.5) is 5.69 Å². The van der Waals surface area contributed by atoms with E-state index in [2.05, 4.69) is 10.6 Å². The first kappa shape index (κ1) is 19.4. The van der Waals surface area contributed by atoms with Gasteiger partial charge < -0.3 is 15.2 Å². The van der Waals surface area contributed by atoms with Crippen molar-refractivity contribution in [3.8, 4) is 0 Å². The number of benzene rings is 2. The summed E-state index contributed by atoms with van der Waals surface area (Å²) >= 11 is 0. The van der Waals surface area contributed by atoms with E-state index in [-0.39, 0.29) is 30.3 Å². The number of hydrogen-bond acceptors (Lipinski definition) is 3. The van der Waals surface area contributed by atoms with Crippen LogP contribution in [-0.2, 0) is 11.3 Å². The molecule has 0 spiro atoms. The minimum Gasteiger partial charge on any atom is -0.352 e. The molecule has 0 fully saturated rings. The Morgan fingerprint density at radius 3 is 2.57 bits per heavy atom. The van der Waals surface area contributed by atoms with Gasteiger partial charge in [-0.25, -0.2) is 0 Å². The Morgan fingerprint density at radius 1 is 1.00 bits per heavy atom. The third kappa shape index (κ3) is 4.85. The predicted octanol–water partition coefficient (Wildman–Crippen LogP) is 3.17. The molecule has 2 N–H and O–H groups in total. The topological polar surface area (TPSA) is 80.2 Å². The Hall–Kier alpha value is -3.41. The number of nitrogens with one attached hydrogen (secondary N) is 2. The number of amides is 2. The average Bonchev–Trinajstić information content (AvgIpc) is 2.70. The molecule has 3 aromatic rings. The molecule has 2 aromatic carbocycles. The summed E-state index contributed by atoms with van der Waals surface area (Å²) in [7, 11) is 0. The van der Waals surface area contributed by atoms with Crippen molar-refractivity contribution in [2.45, 2.75) is 26.3 Å². The highest BCUT2D eigenvalue weighted by Crippen LogP contribution is 2.15. The summed E-state index contributed by atoms with van der Waals surface area (Å²) in [5.41, 5.74) is 1.03. The minimum absolute atomic E-state index is 0.0949. The van der Waals surface area contributed by atoms with Crippen molar-refractivity contribution in [3.05, 3.63) is 76.7 Å². The number of fused-ring (bicyclic) bond motifs is 1.